The molecule has 1 spiro atoms. The van der Waals surface area contributed by atoms with Gasteiger partial charge in [-0.1, -0.05) is 61.5 Å². The highest BCUT2D eigenvalue weighted by Gasteiger charge is 2.45. The predicted molar refractivity (Wildman–Crippen MR) is 140 cm³/mol. The summed E-state index contributed by atoms with van der Waals surface area (Å²) >= 11 is 0. The number of rotatable bonds is 8. The summed E-state index contributed by atoms with van der Waals surface area (Å²) < 4.78 is 6.45. The maximum absolute atomic E-state index is 12.0. The Balaban J connectivity index is 1.34. The molecule has 0 bridgehead atoms. The van der Waals surface area contributed by atoms with Crippen LogP contribution in [0.25, 0.3) is 10.8 Å². The van der Waals surface area contributed by atoms with E-state index in [9.17, 15) is 9.90 Å². The lowest BCUT2D eigenvalue weighted by molar-refractivity contribution is -0.120. The molecule has 1 aliphatic carbocycles. The van der Waals surface area contributed by atoms with E-state index < -0.39 is 6.10 Å². The van der Waals surface area contributed by atoms with Crippen LogP contribution < -0.4 is 15.4 Å². The zero-order valence-corrected chi connectivity index (χ0v) is 20.7. The number of amides is 1. The second-order valence-corrected chi connectivity index (χ2v) is 10.2. The highest BCUT2D eigenvalue weighted by molar-refractivity contribution is 5.85. The van der Waals surface area contributed by atoms with Gasteiger partial charge in [0.25, 0.3) is 0 Å². The van der Waals surface area contributed by atoms with Crippen LogP contribution in [0.5, 0.6) is 5.75 Å². The van der Waals surface area contributed by atoms with E-state index in [1.165, 1.54) is 24.5 Å². The third-order valence-electron chi connectivity index (χ3n) is 7.77. The summed E-state index contributed by atoms with van der Waals surface area (Å²) in [6.07, 6.45) is 5.09. The first kappa shape index (κ1) is 23.8. The molecule has 3 N–H and O–H groups in total. The minimum atomic E-state index is -0.726. The summed E-state index contributed by atoms with van der Waals surface area (Å²) in [5, 5.41) is 20.2. The van der Waals surface area contributed by atoms with Crippen LogP contribution in [0, 0.1) is 0 Å². The Hall–Kier alpha value is -2.89. The Morgan fingerprint density at radius 1 is 1.14 bits per heavy atom. The van der Waals surface area contributed by atoms with Gasteiger partial charge in [0.15, 0.2) is 0 Å². The molecule has 3 aromatic carbocycles. The maximum atomic E-state index is 12.0. The van der Waals surface area contributed by atoms with Gasteiger partial charge >= 0.3 is 0 Å². The van der Waals surface area contributed by atoms with E-state index in [2.05, 4.69) is 60.0 Å². The van der Waals surface area contributed by atoms with Crippen molar-refractivity contribution in [3.63, 3.8) is 0 Å². The number of fused-ring (bicyclic) bond motifs is 2. The number of aliphatic hydroxyl groups is 1. The lowest BCUT2D eigenvalue weighted by atomic mass is 9.72. The van der Waals surface area contributed by atoms with Crippen molar-refractivity contribution in [2.75, 3.05) is 6.54 Å². The molecule has 3 aromatic rings. The van der Waals surface area contributed by atoms with Gasteiger partial charge in [0.2, 0.25) is 5.91 Å². The Morgan fingerprint density at radius 2 is 1.94 bits per heavy atom. The van der Waals surface area contributed by atoms with Crippen molar-refractivity contribution in [3.05, 3.63) is 77.4 Å². The van der Waals surface area contributed by atoms with E-state index in [-0.39, 0.29) is 23.6 Å². The molecule has 0 aromatic heterocycles. The number of aryl methyl sites for hydroxylation is 1. The van der Waals surface area contributed by atoms with E-state index in [0.29, 0.717) is 13.0 Å². The van der Waals surface area contributed by atoms with E-state index in [1.807, 2.05) is 18.2 Å². The van der Waals surface area contributed by atoms with Crippen molar-refractivity contribution < 1.29 is 14.6 Å². The number of carbonyl (C=O) groups is 1. The maximum Gasteiger partial charge on any atom is 0.217 e. The summed E-state index contributed by atoms with van der Waals surface area (Å²) in [7, 11) is 0. The van der Waals surface area contributed by atoms with Crippen molar-refractivity contribution >= 4 is 16.7 Å². The summed E-state index contributed by atoms with van der Waals surface area (Å²) in [5.74, 6) is 0.834. The van der Waals surface area contributed by atoms with E-state index in [0.717, 1.165) is 47.8 Å². The molecule has 1 fully saturated rings. The lowest BCUT2D eigenvalue weighted by Crippen LogP contribution is -2.52. The Kier molecular flexibility index (Phi) is 6.81. The first-order valence-corrected chi connectivity index (χ1v) is 12.9. The molecule has 5 nitrogen and oxygen atoms in total. The van der Waals surface area contributed by atoms with Crippen LogP contribution in [0.1, 0.15) is 62.3 Å². The van der Waals surface area contributed by atoms with E-state index in [1.54, 1.807) is 0 Å². The largest absolute Gasteiger partial charge is 0.487 e. The number of nitrogens with one attached hydrogen (secondary N) is 2. The van der Waals surface area contributed by atoms with Gasteiger partial charge in [0.1, 0.15) is 11.4 Å². The quantitative estimate of drug-likeness (QED) is 0.439. The molecule has 1 aliphatic heterocycles. The van der Waals surface area contributed by atoms with Crippen molar-refractivity contribution in [1.82, 2.24) is 10.6 Å². The summed E-state index contributed by atoms with van der Waals surface area (Å²) in [6, 6.07) is 20.7. The van der Waals surface area contributed by atoms with Crippen LogP contribution in [0.4, 0.5) is 0 Å². The Bertz CT molecular complexity index is 1200. The fraction of sp³-hybridized carbons (Fsp3) is 0.433. The second-order valence-electron chi connectivity index (χ2n) is 10.2. The number of benzene rings is 3. The fourth-order valence-corrected chi connectivity index (χ4v) is 5.66. The Labute approximate surface area is 207 Å². The van der Waals surface area contributed by atoms with Crippen molar-refractivity contribution in [2.45, 2.75) is 76.2 Å². The summed E-state index contributed by atoms with van der Waals surface area (Å²) in [5.41, 5.74) is 3.51. The lowest BCUT2D eigenvalue weighted by Gasteiger charge is -2.48. The average molecular weight is 473 g/mol. The normalized spacial score (nSPS) is 19.9. The monoisotopic (exact) mass is 472 g/mol. The van der Waals surface area contributed by atoms with Crippen LogP contribution >= 0.6 is 0 Å². The molecular weight excluding hydrogens is 436 g/mol. The molecule has 5 heteroatoms. The second kappa shape index (κ2) is 10.00. The van der Waals surface area contributed by atoms with Gasteiger partial charge in [-0.05, 0) is 60.1 Å². The molecule has 1 amide bonds. The number of ether oxygens (including phenoxy) is 1. The summed E-state index contributed by atoms with van der Waals surface area (Å²) in [6.45, 7) is 4.07. The number of carbonyl (C=O) groups excluding carboxylic acids is 1. The molecule has 5 rings (SSSR count). The van der Waals surface area contributed by atoms with Crippen LogP contribution in [0.15, 0.2) is 60.7 Å². The van der Waals surface area contributed by atoms with Gasteiger partial charge in [-0.2, -0.15) is 0 Å². The van der Waals surface area contributed by atoms with Gasteiger partial charge in [-0.15, -0.1) is 0 Å². The standard InChI is InChI=1S/C30H36N2O3/c1-3-21-12-13-29-25(16-21)27(18-30(35-29)14-7-15-30)31-19-28(34)26(32-20(2)33)17-23-10-6-9-22-8-4-5-11-24(22)23/h4-6,8-13,16,26-28,31,34H,3,7,14-15,17-19H2,1-2H3,(H,32,33)/t26-,27-,28-/m0/s1. The highest BCUT2D eigenvalue weighted by Crippen LogP contribution is 2.49. The molecule has 0 unspecified atom stereocenters. The van der Waals surface area contributed by atoms with E-state index >= 15 is 0 Å². The fourth-order valence-electron chi connectivity index (χ4n) is 5.66. The number of hydrogen-bond acceptors (Lipinski definition) is 4. The Morgan fingerprint density at radius 3 is 2.69 bits per heavy atom. The zero-order valence-electron chi connectivity index (χ0n) is 20.7. The van der Waals surface area contributed by atoms with Gasteiger partial charge in [0, 0.05) is 31.5 Å². The molecule has 3 atom stereocenters. The molecule has 1 heterocycles. The molecule has 1 saturated carbocycles. The van der Waals surface area contributed by atoms with Crippen LogP contribution in [-0.2, 0) is 17.6 Å². The number of hydrogen-bond donors (Lipinski definition) is 3. The zero-order chi connectivity index (χ0) is 24.4. The molecule has 0 saturated heterocycles. The number of aliphatic hydroxyl groups excluding tert-OH is 1. The molecular formula is C30H36N2O3. The van der Waals surface area contributed by atoms with Gasteiger partial charge in [-0.25, -0.2) is 0 Å². The van der Waals surface area contributed by atoms with Crippen LogP contribution in [0.3, 0.4) is 0 Å². The van der Waals surface area contributed by atoms with Gasteiger partial charge in [0.05, 0.1) is 12.1 Å². The molecule has 0 radical (unpaired) electrons. The third-order valence-corrected chi connectivity index (χ3v) is 7.77. The predicted octanol–water partition coefficient (Wildman–Crippen LogP) is 4.85. The van der Waals surface area contributed by atoms with E-state index in [4.69, 9.17) is 4.74 Å². The molecule has 184 valence electrons. The summed E-state index contributed by atoms with van der Waals surface area (Å²) in [4.78, 5) is 12.0. The third kappa shape index (κ3) is 5.07. The van der Waals surface area contributed by atoms with Crippen LogP contribution in [0.2, 0.25) is 0 Å². The van der Waals surface area contributed by atoms with Crippen molar-refractivity contribution in [2.24, 2.45) is 0 Å². The molecule has 35 heavy (non-hydrogen) atoms. The first-order valence-electron chi connectivity index (χ1n) is 12.9. The smallest absolute Gasteiger partial charge is 0.217 e. The first-order chi connectivity index (χ1) is 17.0. The SMILES string of the molecule is CCc1ccc2c(c1)[C@@H](NC[C@H](O)[C@H](Cc1cccc3ccccc13)NC(C)=O)CC1(CCC1)O2. The minimum Gasteiger partial charge on any atom is -0.487 e. The topological polar surface area (TPSA) is 70.6 Å². The van der Waals surface area contributed by atoms with Crippen molar-refractivity contribution in [3.8, 4) is 5.75 Å². The van der Waals surface area contributed by atoms with Crippen LogP contribution in [-0.4, -0.2) is 35.3 Å². The van der Waals surface area contributed by atoms with Gasteiger partial charge < -0.3 is 20.5 Å². The van der Waals surface area contributed by atoms with Crippen molar-refractivity contribution in [1.29, 1.82) is 0 Å². The van der Waals surface area contributed by atoms with Gasteiger partial charge in [-0.3, -0.25) is 4.79 Å². The average Bonchev–Trinajstić information content (AvgIpc) is 2.85. The minimum absolute atomic E-state index is 0.0800. The highest BCUT2D eigenvalue weighted by atomic mass is 16.5. The molecule has 2 aliphatic rings.